The summed E-state index contributed by atoms with van der Waals surface area (Å²) in [5.41, 5.74) is 5.63. The van der Waals surface area contributed by atoms with Crippen molar-refractivity contribution >= 4 is 45.4 Å². The molecule has 0 spiro atoms. The number of amides is 1. The van der Waals surface area contributed by atoms with Crippen LogP contribution in [-0.4, -0.2) is 22.9 Å². The molecule has 1 N–H and O–H groups in total. The Morgan fingerprint density at radius 1 is 1.26 bits per heavy atom. The molecule has 0 aliphatic rings. The van der Waals surface area contributed by atoms with Crippen molar-refractivity contribution in [2.45, 2.75) is 11.3 Å². The van der Waals surface area contributed by atoms with Gasteiger partial charge in [-0.1, -0.05) is 48.2 Å². The maximum Gasteiger partial charge on any atom is 0.250 e. The van der Waals surface area contributed by atoms with Crippen LogP contribution in [0.5, 0.6) is 0 Å². The summed E-state index contributed by atoms with van der Waals surface area (Å²) >= 11 is 3.02. The molecule has 23 heavy (non-hydrogen) atoms. The van der Waals surface area contributed by atoms with Gasteiger partial charge in [-0.25, -0.2) is 10.4 Å². The van der Waals surface area contributed by atoms with Gasteiger partial charge in [-0.15, -0.1) is 11.3 Å². The third-order valence-electron chi connectivity index (χ3n) is 3.18. The molecule has 3 aromatic rings. The van der Waals surface area contributed by atoms with Gasteiger partial charge in [0.25, 0.3) is 5.91 Å². The normalized spacial score (nSPS) is 11.2. The number of carbonyl (C=O) groups excluding carboxylic acids is 1. The number of hydrogen-bond donors (Lipinski definition) is 1. The molecule has 1 aromatic heterocycles. The van der Waals surface area contributed by atoms with Gasteiger partial charge in [0.05, 0.1) is 22.2 Å². The van der Waals surface area contributed by atoms with Crippen molar-refractivity contribution in [3.8, 4) is 0 Å². The fourth-order valence-corrected chi connectivity index (χ4v) is 3.84. The van der Waals surface area contributed by atoms with Gasteiger partial charge < -0.3 is 0 Å². The van der Waals surface area contributed by atoms with Crippen LogP contribution in [0, 0.1) is 6.92 Å². The average Bonchev–Trinajstić information content (AvgIpc) is 2.98. The summed E-state index contributed by atoms with van der Waals surface area (Å²) in [5.74, 6) is 0.157. The van der Waals surface area contributed by atoms with E-state index in [1.165, 1.54) is 11.8 Å². The molecule has 0 radical (unpaired) electrons. The Morgan fingerprint density at radius 3 is 2.87 bits per heavy atom. The summed E-state index contributed by atoms with van der Waals surface area (Å²) in [4.78, 5) is 16.3. The highest BCUT2D eigenvalue weighted by atomic mass is 32.2. The summed E-state index contributed by atoms with van der Waals surface area (Å²) < 4.78 is 2.03. The van der Waals surface area contributed by atoms with E-state index in [1.54, 1.807) is 17.6 Å². The molecule has 1 heterocycles. The summed E-state index contributed by atoms with van der Waals surface area (Å²) in [6.45, 7) is 2.01. The smallest absolute Gasteiger partial charge is 0.250 e. The van der Waals surface area contributed by atoms with E-state index in [0.29, 0.717) is 5.75 Å². The van der Waals surface area contributed by atoms with Crippen LogP contribution in [0.15, 0.2) is 58.0 Å². The number of para-hydroxylation sites is 1. The van der Waals surface area contributed by atoms with Gasteiger partial charge in [0.2, 0.25) is 0 Å². The number of rotatable bonds is 5. The Labute approximate surface area is 142 Å². The zero-order chi connectivity index (χ0) is 16.1. The SMILES string of the molecule is Cc1ccccc1C=NNC(=O)CSc1nc2ccccc2s1. The van der Waals surface area contributed by atoms with Gasteiger partial charge >= 0.3 is 0 Å². The first-order valence-corrected chi connectivity index (χ1v) is 8.88. The van der Waals surface area contributed by atoms with E-state index in [9.17, 15) is 4.79 Å². The number of aromatic nitrogens is 1. The second kappa shape index (κ2) is 7.39. The number of aryl methyl sites for hydroxylation is 1. The predicted molar refractivity (Wildman–Crippen MR) is 97.3 cm³/mol. The Bertz CT molecular complexity index is 825. The lowest BCUT2D eigenvalue weighted by Crippen LogP contribution is -2.19. The second-order valence-electron chi connectivity index (χ2n) is 4.89. The third kappa shape index (κ3) is 4.18. The van der Waals surface area contributed by atoms with E-state index < -0.39 is 0 Å². The molecule has 0 saturated carbocycles. The quantitative estimate of drug-likeness (QED) is 0.436. The van der Waals surface area contributed by atoms with E-state index in [1.807, 2.05) is 55.5 Å². The van der Waals surface area contributed by atoms with Crippen LogP contribution < -0.4 is 5.43 Å². The van der Waals surface area contributed by atoms with E-state index in [-0.39, 0.29) is 5.91 Å². The van der Waals surface area contributed by atoms with Crippen LogP contribution in [-0.2, 0) is 4.79 Å². The first-order chi connectivity index (χ1) is 11.2. The Morgan fingerprint density at radius 2 is 2.04 bits per heavy atom. The van der Waals surface area contributed by atoms with Gasteiger partial charge in [-0.2, -0.15) is 5.10 Å². The minimum Gasteiger partial charge on any atom is -0.272 e. The topological polar surface area (TPSA) is 54.4 Å². The minimum atomic E-state index is -0.140. The summed E-state index contributed by atoms with van der Waals surface area (Å²) in [7, 11) is 0. The standard InChI is InChI=1S/C17H15N3OS2/c1-12-6-2-3-7-13(12)10-18-20-16(21)11-22-17-19-14-8-4-5-9-15(14)23-17/h2-10H,11H2,1H3,(H,20,21). The van der Waals surface area contributed by atoms with Gasteiger partial charge in [-0.05, 0) is 30.2 Å². The number of thiazole rings is 1. The molecule has 1 amide bonds. The zero-order valence-corrected chi connectivity index (χ0v) is 14.2. The largest absolute Gasteiger partial charge is 0.272 e. The van der Waals surface area contributed by atoms with Crippen LogP contribution >= 0.6 is 23.1 Å². The first kappa shape index (κ1) is 15.7. The molecule has 0 unspecified atom stereocenters. The number of benzene rings is 2. The van der Waals surface area contributed by atoms with Gasteiger partial charge in [0.1, 0.15) is 0 Å². The molecule has 116 valence electrons. The number of carbonyl (C=O) groups is 1. The molecule has 0 fully saturated rings. The average molecular weight is 341 g/mol. The van der Waals surface area contributed by atoms with Crippen LogP contribution in [0.3, 0.4) is 0 Å². The Hall–Kier alpha value is -2.18. The van der Waals surface area contributed by atoms with Gasteiger partial charge in [0.15, 0.2) is 4.34 Å². The molecule has 0 atom stereocenters. The third-order valence-corrected chi connectivity index (χ3v) is 5.36. The lowest BCUT2D eigenvalue weighted by molar-refractivity contribution is -0.118. The van der Waals surface area contributed by atoms with Crippen molar-refractivity contribution in [1.82, 2.24) is 10.4 Å². The molecular weight excluding hydrogens is 326 g/mol. The highest BCUT2D eigenvalue weighted by molar-refractivity contribution is 8.01. The fraction of sp³-hybridized carbons (Fsp3) is 0.118. The van der Waals surface area contributed by atoms with Crippen LogP contribution in [0.4, 0.5) is 0 Å². The minimum absolute atomic E-state index is 0.140. The number of nitrogens with zero attached hydrogens (tertiary/aromatic N) is 2. The van der Waals surface area contributed by atoms with Crippen LogP contribution in [0.1, 0.15) is 11.1 Å². The lowest BCUT2D eigenvalue weighted by atomic mass is 10.1. The number of thioether (sulfide) groups is 1. The van der Waals surface area contributed by atoms with Crippen molar-refractivity contribution in [2.75, 3.05) is 5.75 Å². The fourth-order valence-electron chi connectivity index (χ4n) is 1.98. The summed E-state index contributed by atoms with van der Waals surface area (Å²) in [5, 5.41) is 4.00. The number of hydrazone groups is 1. The second-order valence-corrected chi connectivity index (χ2v) is 7.14. The highest BCUT2D eigenvalue weighted by Gasteiger charge is 2.06. The van der Waals surface area contributed by atoms with Gasteiger partial charge in [-0.3, -0.25) is 4.79 Å². The zero-order valence-electron chi connectivity index (χ0n) is 12.5. The maximum absolute atomic E-state index is 11.8. The lowest BCUT2D eigenvalue weighted by Gasteiger charge is -1.99. The summed E-state index contributed by atoms with van der Waals surface area (Å²) in [6, 6.07) is 15.8. The number of fused-ring (bicyclic) bond motifs is 1. The molecule has 2 aromatic carbocycles. The van der Waals surface area contributed by atoms with Crippen molar-refractivity contribution in [3.05, 3.63) is 59.7 Å². The molecule has 6 heteroatoms. The van der Waals surface area contributed by atoms with Gasteiger partial charge in [0, 0.05) is 0 Å². The number of hydrogen-bond acceptors (Lipinski definition) is 5. The van der Waals surface area contributed by atoms with E-state index in [0.717, 1.165) is 25.7 Å². The monoisotopic (exact) mass is 341 g/mol. The van der Waals surface area contributed by atoms with Crippen LogP contribution in [0.25, 0.3) is 10.2 Å². The maximum atomic E-state index is 11.8. The number of nitrogens with one attached hydrogen (secondary N) is 1. The van der Waals surface area contributed by atoms with Crippen molar-refractivity contribution in [1.29, 1.82) is 0 Å². The van der Waals surface area contributed by atoms with Crippen molar-refractivity contribution in [3.63, 3.8) is 0 Å². The summed E-state index contributed by atoms with van der Waals surface area (Å²) in [6.07, 6.45) is 1.66. The highest BCUT2D eigenvalue weighted by Crippen LogP contribution is 2.28. The predicted octanol–water partition coefficient (Wildman–Crippen LogP) is 3.85. The van der Waals surface area contributed by atoms with Crippen molar-refractivity contribution < 1.29 is 4.79 Å². The van der Waals surface area contributed by atoms with Crippen LogP contribution in [0.2, 0.25) is 0 Å². The Kier molecular flexibility index (Phi) is 5.05. The molecule has 3 rings (SSSR count). The van der Waals surface area contributed by atoms with E-state index >= 15 is 0 Å². The first-order valence-electron chi connectivity index (χ1n) is 7.08. The molecule has 4 nitrogen and oxygen atoms in total. The molecule has 0 aliphatic heterocycles. The molecule has 0 saturated heterocycles. The van der Waals surface area contributed by atoms with E-state index in [4.69, 9.17) is 0 Å². The Balaban J connectivity index is 1.52. The molecule has 0 aliphatic carbocycles. The molecular formula is C17H15N3OS2. The molecule has 0 bridgehead atoms. The van der Waals surface area contributed by atoms with E-state index in [2.05, 4.69) is 15.5 Å². The van der Waals surface area contributed by atoms with Crippen molar-refractivity contribution in [2.24, 2.45) is 5.10 Å².